The van der Waals surface area contributed by atoms with Gasteiger partial charge >= 0.3 is 0 Å². The van der Waals surface area contributed by atoms with Crippen LogP contribution in [0.25, 0.3) is 0 Å². The number of aryl methyl sites for hydroxylation is 1. The molecule has 0 amide bonds. The molecule has 1 unspecified atom stereocenters. The molecule has 8 heteroatoms. The minimum absolute atomic E-state index is 0.298. The predicted molar refractivity (Wildman–Crippen MR) is 103 cm³/mol. The molecule has 1 atom stereocenters. The first-order valence-electron chi connectivity index (χ1n) is 9.76. The Balaban J connectivity index is 1.72. The fraction of sp³-hybridized carbons (Fsp3) is 0.833. The van der Waals surface area contributed by atoms with E-state index in [-0.39, 0.29) is 0 Å². The van der Waals surface area contributed by atoms with E-state index in [0.717, 1.165) is 70.6 Å². The normalized spacial score (nSPS) is 17.5. The van der Waals surface area contributed by atoms with Gasteiger partial charge in [-0.15, -0.1) is 0 Å². The van der Waals surface area contributed by atoms with E-state index >= 15 is 0 Å². The van der Waals surface area contributed by atoms with Crippen LogP contribution in [0.3, 0.4) is 0 Å². The molecule has 2 rings (SSSR count). The zero-order valence-corrected chi connectivity index (χ0v) is 16.6. The van der Waals surface area contributed by atoms with Gasteiger partial charge in [0.2, 0.25) is 5.89 Å². The van der Waals surface area contributed by atoms with Gasteiger partial charge in [0.15, 0.2) is 11.8 Å². The number of guanidine groups is 1. The van der Waals surface area contributed by atoms with E-state index in [0.29, 0.717) is 17.9 Å². The number of hydrogen-bond donors (Lipinski definition) is 2. The summed E-state index contributed by atoms with van der Waals surface area (Å²) in [5, 5.41) is 10.7. The van der Waals surface area contributed by atoms with E-state index in [4.69, 9.17) is 14.3 Å². The largest absolute Gasteiger partial charge is 0.379 e. The Morgan fingerprint density at radius 1 is 1.23 bits per heavy atom. The van der Waals surface area contributed by atoms with Crippen molar-refractivity contribution < 1.29 is 9.26 Å². The van der Waals surface area contributed by atoms with Crippen LogP contribution >= 0.6 is 0 Å². The summed E-state index contributed by atoms with van der Waals surface area (Å²) < 4.78 is 10.7. The number of rotatable bonds is 9. The van der Waals surface area contributed by atoms with Gasteiger partial charge < -0.3 is 19.9 Å². The Morgan fingerprint density at radius 2 is 2.00 bits per heavy atom. The molecule has 8 nitrogen and oxygen atoms in total. The maximum absolute atomic E-state index is 5.41. The molecule has 2 N–H and O–H groups in total. The summed E-state index contributed by atoms with van der Waals surface area (Å²) in [6.07, 6.45) is 1.69. The van der Waals surface area contributed by atoms with Crippen LogP contribution in [-0.4, -0.2) is 73.0 Å². The van der Waals surface area contributed by atoms with E-state index in [2.05, 4.69) is 53.4 Å². The van der Waals surface area contributed by atoms with Gasteiger partial charge in [0, 0.05) is 44.6 Å². The smallest absolute Gasteiger partial charge is 0.226 e. The first-order valence-corrected chi connectivity index (χ1v) is 9.76. The molecule has 1 aliphatic heterocycles. The maximum Gasteiger partial charge on any atom is 0.226 e. The Hall–Kier alpha value is -1.67. The van der Waals surface area contributed by atoms with Crippen molar-refractivity contribution >= 4 is 5.96 Å². The molecule has 148 valence electrons. The van der Waals surface area contributed by atoms with Gasteiger partial charge in [-0.2, -0.15) is 4.98 Å². The van der Waals surface area contributed by atoms with E-state index in [9.17, 15) is 0 Å². The van der Waals surface area contributed by atoms with E-state index in [1.54, 1.807) is 0 Å². The van der Waals surface area contributed by atoms with Crippen LogP contribution in [0.2, 0.25) is 0 Å². The minimum Gasteiger partial charge on any atom is -0.379 e. The summed E-state index contributed by atoms with van der Waals surface area (Å²) in [5.41, 5.74) is 0. The van der Waals surface area contributed by atoms with Crippen LogP contribution in [0.5, 0.6) is 0 Å². The lowest BCUT2D eigenvalue weighted by atomic mass is 10.2. The summed E-state index contributed by atoms with van der Waals surface area (Å²) >= 11 is 0. The summed E-state index contributed by atoms with van der Waals surface area (Å²) in [6.45, 7) is 14.5. The zero-order chi connectivity index (χ0) is 18.8. The van der Waals surface area contributed by atoms with Crippen molar-refractivity contribution in [1.29, 1.82) is 0 Å². The average Bonchev–Trinajstić information content (AvgIpc) is 3.13. The summed E-state index contributed by atoms with van der Waals surface area (Å²) in [7, 11) is 0. The van der Waals surface area contributed by atoms with E-state index in [1.807, 2.05) is 0 Å². The zero-order valence-electron chi connectivity index (χ0n) is 16.6. The first kappa shape index (κ1) is 20.6. The molecule has 1 aromatic rings. The fourth-order valence-electron chi connectivity index (χ4n) is 2.75. The van der Waals surface area contributed by atoms with Crippen molar-refractivity contribution in [2.24, 2.45) is 4.99 Å². The van der Waals surface area contributed by atoms with Gasteiger partial charge in [-0.25, -0.2) is 0 Å². The molecule has 1 aromatic heterocycles. The van der Waals surface area contributed by atoms with Crippen molar-refractivity contribution in [2.75, 3.05) is 45.9 Å². The Morgan fingerprint density at radius 3 is 2.65 bits per heavy atom. The summed E-state index contributed by atoms with van der Waals surface area (Å²) in [6, 6.07) is 0.419. The Kier molecular flexibility index (Phi) is 8.84. The molecule has 0 saturated carbocycles. The number of morpholine rings is 1. The van der Waals surface area contributed by atoms with Crippen molar-refractivity contribution in [3.63, 3.8) is 0 Å². The highest BCUT2D eigenvalue weighted by Gasteiger charge is 2.16. The number of aromatic nitrogens is 2. The molecular formula is C18H34N6O2. The van der Waals surface area contributed by atoms with Crippen LogP contribution in [-0.2, 0) is 11.2 Å². The van der Waals surface area contributed by atoms with Gasteiger partial charge in [0.25, 0.3) is 0 Å². The first-order chi connectivity index (χ1) is 12.6. The van der Waals surface area contributed by atoms with Gasteiger partial charge in [-0.05, 0) is 20.3 Å². The highest BCUT2D eigenvalue weighted by molar-refractivity contribution is 5.79. The number of ether oxygens (including phenoxy) is 1. The topological polar surface area (TPSA) is 87.8 Å². The van der Waals surface area contributed by atoms with Crippen LogP contribution in [0, 0.1) is 0 Å². The minimum atomic E-state index is 0.298. The Bertz CT molecular complexity index is 540. The lowest BCUT2D eigenvalue weighted by molar-refractivity contribution is 0.0220. The number of nitrogens with zero attached hydrogens (tertiary/aromatic N) is 4. The second-order valence-corrected chi connectivity index (χ2v) is 6.95. The highest BCUT2D eigenvalue weighted by atomic mass is 16.5. The van der Waals surface area contributed by atoms with Gasteiger partial charge in [0.1, 0.15) is 0 Å². The van der Waals surface area contributed by atoms with Crippen molar-refractivity contribution in [3.05, 3.63) is 11.7 Å². The third-order valence-corrected chi connectivity index (χ3v) is 4.39. The molecule has 1 fully saturated rings. The lowest BCUT2D eigenvalue weighted by Gasteiger charge is -2.31. The number of aliphatic imine (C=N–C) groups is 1. The van der Waals surface area contributed by atoms with E-state index in [1.165, 1.54) is 0 Å². The van der Waals surface area contributed by atoms with Crippen LogP contribution < -0.4 is 10.6 Å². The molecule has 1 aliphatic rings. The van der Waals surface area contributed by atoms with Crippen LogP contribution in [0.1, 0.15) is 51.7 Å². The quantitative estimate of drug-likeness (QED) is 0.388. The maximum atomic E-state index is 5.41. The molecule has 0 aromatic carbocycles. The van der Waals surface area contributed by atoms with Crippen molar-refractivity contribution in [1.82, 2.24) is 25.7 Å². The van der Waals surface area contributed by atoms with E-state index < -0.39 is 0 Å². The Labute approximate surface area is 156 Å². The van der Waals surface area contributed by atoms with Gasteiger partial charge in [-0.1, -0.05) is 19.0 Å². The summed E-state index contributed by atoms with van der Waals surface area (Å²) in [4.78, 5) is 11.6. The standard InChI is InChI=1S/C18H34N6O2/c1-5-19-18(21-13-15(4)24-9-11-25-12-10-24)20-8-6-7-16-22-17(14(2)3)23-26-16/h14-15H,5-13H2,1-4H3,(H2,19,20,21). The van der Waals surface area contributed by atoms with Crippen LogP contribution in [0.15, 0.2) is 9.52 Å². The van der Waals surface area contributed by atoms with Gasteiger partial charge in [0.05, 0.1) is 19.8 Å². The monoisotopic (exact) mass is 366 g/mol. The predicted octanol–water partition coefficient (Wildman–Crippen LogP) is 1.40. The molecule has 26 heavy (non-hydrogen) atoms. The van der Waals surface area contributed by atoms with Crippen molar-refractivity contribution in [2.45, 2.75) is 52.5 Å². The molecule has 0 bridgehead atoms. The molecular weight excluding hydrogens is 332 g/mol. The number of hydrogen-bond acceptors (Lipinski definition) is 6. The SMILES string of the molecule is CCNC(=NCC(C)N1CCOCC1)NCCCc1nc(C(C)C)no1. The third-order valence-electron chi connectivity index (χ3n) is 4.39. The highest BCUT2D eigenvalue weighted by Crippen LogP contribution is 2.10. The van der Waals surface area contributed by atoms with Gasteiger partial charge in [-0.3, -0.25) is 9.89 Å². The second-order valence-electron chi connectivity index (χ2n) is 6.95. The average molecular weight is 367 g/mol. The third kappa shape index (κ3) is 6.92. The number of nitrogens with one attached hydrogen (secondary N) is 2. The molecule has 0 aliphatic carbocycles. The van der Waals surface area contributed by atoms with Crippen molar-refractivity contribution in [3.8, 4) is 0 Å². The molecule has 0 spiro atoms. The summed E-state index contributed by atoms with van der Waals surface area (Å²) in [5.74, 6) is 2.64. The second kappa shape index (κ2) is 11.1. The molecule has 1 saturated heterocycles. The lowest BCUT2D eigenvalue weighted by Crippen LogP contribution is -2.44. The molecule has 2 heterocycles. The van der Waals surface area contributed by atoms with Crippen LogP contribution in [0.4, 0.5) is 0 Å². The molecule has 0 radical (unpaired) electrons. The fourth-order valence-corrected chi connectivity index (χ4v) is 2.75.